The van der Waals surface area contributed by atoms with Gasteiger partial charge in [0.15, 0.2) is 0 Å². The molecule has 31 heavy (non-hydrogen) atoms. The van der Waals surface area contributed by atoms with Gasteiger partial charge in [0.05, 0.1) is 16.7 Å². The van der Waals surface area contributed by atoms with E-state index in [0.717, 1.165) is 29.0 Å². The molecule has 0 saturated heterocycles. The number of phenolic OH excluding ortho intramolecular Hbond substituents is 1. The number of ether oxygens (including phenoxy) is 1. The number of nitrogens with zero attached hydrogens (tertiary/aromatic N) is 1. The van der Waals surface area contributed by atoms with Crippen molar-refractivity contribution in [2.24, 2.45) is 5.92 Å². The molecule has 0 saturated carbocycles. The number of phenols is 1. The summed E-state index contributed by atoms with van der Waals surface area (Å²) in [5.41, 5.74) is 3.60. The molecule has 3 aromatic rings. The van der Waals surface area contributed by atoms with E-state index in [9.17, 15) is 15.2 Å². The molecular formula is C25H22N2O4. The van der Waals surface area contributed by atoms with Gasteiger partial charge in [0.1, 0.15) is 18.1 Å². The third-order valence-electron chi connectivity index (χ3n) is 6.15. The number of hydrogen-bond donors (Lipinski definition) is 2. The Morgan fingerprint density at radius 1 is 1.06 bits per heavy atom. The lowest BCUT2D eigenvalue weighted by molar-refractivity contribution is -0.385. The van der Waals surface area contributed by atoms with Gasteiger partial charge in [-0.1, -0.05) is 54.6 Å². The minimum Gasteiger partial charge on any atom is -0.508 e. The summed E-state index contributed by atoms with van der Waals surface area (Å²) in [4.78, 5) is 10.9. The summed E-state index contributed by atoms with van der Waals surface area (Å²) in [7, 11) is 0. The predicted octanol–water partition coefficient (Wildman–Crippen LogP) is 5.71. The highest BCUT2D eigenvalue weighted by Crippen LogP contribution is 2.53. The SMILES string of the molecule is O=[N+]([O-])c1ccc(O)c(C2Nc3c(OCc4ccccc4)cccc3C3C=CCC32)c1. The molecule has 0 fully saturated rings. The smallest absolute Gasteiger partial charge is 0.270 e. The first-order valence-corrected chi connectivity index (χ1v) is 10.3. The second kappa shape index (κ2) is 7.80. The summed E-state index contributed by atoms with van der Waals surface area (Å²) in [6.45, 7) is 0.440. The zero-order chi connectivity index (χ0) is 21.4. The van der Waals surface area contributed by atoms with Crippen LogP contribution in [-0.4, -0.2) is 10.0 Å². The van der Waals surface area contributed by atoms with Crippen LogP contribution < -0.4 is 10.1 Å². The number of non-ortho nitro benzene ring substituents is 1. The fraction of sp³-hybridized carbons (Fsp3) is 0.200. The standard InChI is InChI=1S/C25H22N2O4/c28-22-13-12-17(27(29)30)14-21(22)24-19-9-4-8-18(19)20-10-5-11-23(25(20)26-24)31-15-16-6-2-1-3-7-16/h1-8,10-14,18-19,24,26,28H,9,15H2. The molecule has 3 unspecified atom stereocenters. The summed E-state index contributed by atoms with van der Waals surface area (Å²) in [6, 6.07) is 19.9. The lowest BCUT2D eigenvalue weighted by Crippen LogP contribution is -2.29. The Bertz CT molecular complexity index is 1160. The maximum atomic E-state index is 11.3. The van der Waals surface area contributed by atoms with Crippen LogP contribution in [0.1, 0.15) is 35.1 Å². The predicted molar refractivity (Wildman–Crippen MR) is 118 cm³/mol. The van der Waals surface area contributed by atoms with Gasteiger partial charge in [-0.25, -0.2) is 0 Å². The minimum absolute atomic E-state index is 0.0310. The van der Waals surface area contributed by atoms with Crippen LogP contribution in [0.5, 0.6) is 11.5 Å². The van der Waals surface area contributed by atoms with Crippen LogP contribution in [0.15, 0.2) is 78.9 Å². The van der Waals surface area contributed by atoms with Crippen molar-refractivity contribution in [1.82, 2.24) is 0 Å². The van der Waals surface area contributed by atoms with E-state index in [1.165, 1.54) is 18.2 Å². The van der Waals surface area contributed by atoms with E-state index in [2.05, 4.69) is 23.5 Å². The molecule has 5 rings (SSSR count). The van der Waals surface area contributed by atoms with Gasteiger partial charge >= 0.3 is 0 Å². The number of hydrogen-bond acceptors (Lipinski definition) is 5. The molecule has 156 valence electrons. The second-order valence-electron chi connectivity index (χ2n) is 7.97. The number of allylic oxidation sites excluding steroid dienone is 2. The van der Waals surface area contributed by atoms with Crippen molar-refractivity contribution in [3.8, 4) is 11.5 Å². The van der Waals surface area contributed by atoms with E-state index >= 15 is 0 Å². The number of anilines is 1. The van der Waals surface area contributed by atoms with E-state index in [1.807, 2.05) is 42.5 Å². The largest absolute Gasteiger partial charge is 0.508 e. The molecule has 0 spiro atoms. The fourth-order valence-electron chi connectivity index (χ4n) is 4.66. The first-order chi connectivity index (χ1) is 15.1. The van der Waals surface area contributed by atoms with Gasteiger partial charge in [-0.2, -0.15) is 0 Å². The molecule has 2 aliphatic rings. The topological polar surface area (TPSA) is 84.6 Å². The Balaban J connectivity index is 1.52. The first kappa shape index (κ1) is 19.2. The van der Waals surface area contributed by atoms with Crippen LogP contribution in [0.25, 0.3) is 0 Å². The highest BCUT2D eigenvalue weighted by atomic mass is 16.6. The van der Waals surface area contributed by atoms with Gasteiger partial charge in [0.2, 0.25) is 0 Å². The number of para-hydroxylation sites is 1. The molecule has 0 radical (unpaired) electrons. The molecular weight excluding hydrogens is 392 g/mol. The van der Waals surface area contributed by atoms with E-state index < -0.39 is 4.92 Å². The Morgan fingerprint density at radius 3 is 2.71 bits per heavy atom. The van der Waals surface area contributed by atoms with E-state index in [0.29, 0.717) is 12.2 Å². The van der Waals surface area contributed by atoms with Crippen molar-refractivity contribution in [1.29, 1.82) is 0 Å². The summed E-state index contributed by atoms with van der Waals surface area (Å²) >= 11 is 0. The van der Waals surface area contributed by atoms with Gasteiger partial charge in [-0.3, -0.25) is 10.1 Å². The third-order valence-corrected chi connectivity index (χ3v) is 6.15. The van der Waals surface area contributed by atoms with Crippen molar-refractivity contribution in [3.05, 3.63) is 106 Å². The molecule has 6 nitrogen and oxygen atoms in total. The first-order valence-electron chi connectivity index (χ1n) is 10.3. The molecule has 1 aliphatic heterocycles. The third kappa shape index (κ3) is 3.50. The second-order valence-corrected chi connectivity index (χ2v) is 7.97. The van der Waals surface area contributed by atoms with Crippen LogP contribution in [0, 0.1) is 16.0 Å². The molecule has 0 bridgehead atoms. The molecule has 1 heterocycles. The number of fused-ring (bicyclic) bond motifs is 3. The molecule has 0 amide bonds. The van der Waals surface area contributed by atoms with Gasteiger partial charge in [-0.05, 0) is 35.6 Å². The van der Waals surface area contributed by atoms with Gasteiger partial charge in [0, 0.05) is 23.6 Å². The number of nitro benzene ring substituents is 1. The Hall–Kier alpha value is -3.80. The summed E-state index contributed by atoms with van der Waals surface area (Å²) in [6.07, 6.45) is 5.16. The Morgan fingerprint density at radius 2 is 1.90 bits per heavy atom. The lowest BCUT2D eigenvalue weighted by Gasteiger charge is -2.38. The number of rotatable bonds is 5. The number of nitro groups is 1. The number of benzene rings is 3. The van der Waals surface area contributed by atoms with Crippen molar-refractivity contribution in [2.75, 3.05) is 5.32 Å². The van der Waals surface area contributed by atoms with Crippen LogP contribution in [0.2, 0.25) is 0 Å². The van der Waals surface area contributed by atoms with E-state index in [-0.39, 0.29) is 29.3 Å². The number of nitrogens with one attached hydrogen (secondary N) is 1. The highest BCUT2D eigenvalue weighted by Gasteiger charge is 2.40. The Kier molecular flexibility index (Phi) is 4.82. The minimum atomic E-state index is -0.432. The number of aromatic hydroxyl groups is 1. The van der Waals surface area contributed by atoms with Crippen molar-refractivity contribution >= 4 is 11.4 Å². The molecule has 1 aliphatic carbocycles. The van der Waals surface area contributed by atoms with Crippen molar-refractivity contribution in [3.63, 3.8) is 0 Å². The molecule has 2 N–H and O–H groups in total. The average molecular weight is 414 g/mol. The maximum Gasteiger partial charge on any atom is 0.270 e. The Labute approximate surface area is 180 Å². The monoisotopic (exact) mass is 414 g/mol. The zero-order valence-electron chi connectivity index (χ0n) is 16.8. The van der Waals surface area contributed by atoms with Crippen molar-refractivity contribution in [2.45, 2.75) is 25.0 Å². The fourth-order valence-corrected chi connectivity index (χ4v) is 4.66. The quantitative estimate of drug-likeness (QED) is 0.317. The van der Waals surface area contributed by atoms with Crippen LogP contribution >= 0.6 is 0 Å². The molecule has 0 aromatic heterocycles. The van der Waals surface area contributed by atoms with E-state index in [4.69, 9.17) is 4.74 Å². The molecule has 3 aromatic carbocycles. The average Bonchev–Trinajstić information content (AvgIpc) is 3.28. The summed E-state index contributed by atoms with van der Waals surface area (Å²) < 4.78 is 6.16. The summed E-state index contributed by atoms with van der Waals surface area (Å²) in [5.74, 6) is 1.10. The van der Waals surface area contributed by atoms with Crippen molar-refractivity contribution < 1.29 is 14.8 Å². The van der Waals surface area contributed by atoms with Gasteiger partial charge in [-0.15, -0.1) is 0 Å². The molecule has 3 atom stereocenters. The zero-order valence-corrected chi connectivity index (χ0v) is 16.8. The molecule has 6 heteroatoms. The normalized spacial score (nSPS) is 21.1. The van der Waals surface area contributed by atoms with Crippen LogP contribution in [0.3, 0.4) is 0 Å². The summed E-state index contributed by atoms with van der Waals surface area (Å²) in [5, 5.41) is 25.4. The van der Waals surface area contributed by atoms with Gasteiger partial charge < -0.3 is 15.2 Å². The van der Waals surface area contributed by atoms with Crippen LogP contribution in [-0.2, 0) is 6.61 Å². The van der Waals surface area contributed by atoms with E-state index in [1.54, 1.807) is 0 Å². The maximum absolute atomic E-state index is 11.3. The lowest BCUT2D eigenvalue weighted by atomic mass is 9.76. The van der Waals surface area contributed by atoms with Gasteiger partial charge in [0.25, 0.3) is 5.69 Å². The van der Waals surface area contributed by atoms with Crippen LogP contribution in [0.4, 0.5) is 11.4 Å². The highest BCUT2D eigenvalue weighted by molar-refractivity contribution is 5.68.